The van der Waals surface area contributed by atoms with E-state index in [0.717, 1.165) is 73.6 Å². The van der Waals surface area contributed by atoms with Crippen molar-refractivity contribution in [1.29, 1.82) is 0 Å². The van der Waals surface area contributed by atoms with E-state index in [9.17, 15) is 9.50 Å². The number of rotatable bonds is 5. The molecule has 5 rings (SSSR count). The van der Waals surface area contributed by atoms with Crippen LogP contribution in [-0.4, -0.2) is 45.4 Å². The van der Waals surface area contributed by atoms with Crippen LogP contribution in [0.1, 0.15) is 61.4 Å². The van der Waals surface area contributed by atoms with Gasteiger partial charge in [-0.2, -0.15) is 0 Å². The smallest absolute Gasteiger partial charge is 0.224 e. The molecule has 7 heteroatoms. The lowest BCUT2D eigenvalue weighted by Gasteiger charge is -2.27. The van der Waals surface area contributed by atoms with Gasteiger partial charge in [0, 0.05) is 24.4 Å². The predicted octanol–water partition coefficient (Wildman–Crippen LogP) is 3.90. The molecule has 1 aromatic carbocycles. The second-order valence-electron chi connectivity index (χ2n) is 8.94. The first-order valence-corrected chi connectivity index (χ1v) is 11.6. The summed E-state index contributed by atoms with van der Waals surface area (Å²) in [5, 5.41) is 14.1. The molecule has 2 aliphatic rings. The Bertz CT molecular complexity index is 1060. The number of fused-ring (bicyclic) bond motifs is 1. The lowest BCUT2D eigenvalue weighted by atomic mass is 9.82. The molecule has 6 nitrogen and oxygen atoms in total. The van der Waals surface area contributed by atoms with Crippen LogP contribution in [0.15, 0.2) is 36.7 Å². The van der Waals surface area contributed by atoms with Gasteiger partial charge in [-0.25, -0.2) is 19.3 Å². The van der Waals surface area contributed by atoms with Gasteiger partial charge in [-0.3, -0.25) is 0 Å². The van der Waals surface area contributed by atoms with Crippen LogP contribution in [0.2, 0.25) is 0 Å². The fraction of sp³-hybridized carbons (Fsp3) is 0.480. The summed E-state index contributed by atoms with van der Waals surface area (Å²) in [4.78, 5) is 14.2. The molecular weight excluding hydrogens is 407 g/mol. The van der Waals surface area contributed by atoms with Crippen molar-refractivity contribution in [3.63, 3.8) is 0 Å². The van der Waals surface area contributed by atoms with Gasteiger partial charge in [0.15, 0.2) is 0 Å². The summed E-state index contributed by atoms with van der Waals surface area (Å²) in [7, 11) is 0. The lowest BCUT2D eigenvalue weighted by molar-refractivity contribution is 0.122. The molecule has 32 heavy (non-hydrogen) atoms. The molecule has 3 heterocycles. The second-order valence-corrected chi connectivity index (χ2v) is 8.94. The predicted molar refractivity (Wildman–Crippen MR) is 120 cm³/mol. The minimum absolute atomic E-state index is 0.140. The first-order chi connectivity index (χ1) is 15.7. The van der Waals surface area contributed by atoms with Crippen molar-refractivity contribution < 1.29 is 14.2 Å². The Morgan fingerprint density at radius 3 is 2.47 bits per heavy atom. The van der Waals surface area contributed by atoms with Crippen molar-refractivity contribution >= 4 is 10.9 Å². The molecule has 1 saturated carbocycles. The van der Waals surface area contributed by atoms with E-state index in [0.29, 0.717) is 24.0 Å². The highest BCUT2D eigenvalue weighted by Crippen LogP contribution is 2.37. The van der Waals surface area contributed by atoms with Crippen LogP contribution in [0.25, 0.3) is 10.9 Å². The van der Waals surface area contributed by atoms with Crippen LogP contribution < -0.4 is 10.1 Å². The van der Waals surface area contributed by atoms with Crippen LogP contribution >= 0.6 is 0 Å². The summed E-state index contributed by atoms with van der Waals surface area (Å²) in [6.07, 6.45) is 9.54. The van der Waals surface area contributed by atoms with Gasteiger partial charge in [0.25, 0.3) is 0 Å². The number of hydrogen-bond donors (Lipinski definition) is 2. The maximum absolute atomic E-state index is 13.3. The third-order valence-corrected chi connectivity index (χ3v) is 6.64. The third kappa shape index (κ3) is 4.74. The molecule has 1 aliphatic heterocycles. The molecule has 0 atom stereocenters. The van der Waals surface area contributed by atoms with Crippen molar-refractivity contribution in [1.82, 2.24) is 20.3 Å². The molecule has 2 N–H and O–H groups in total. The first-order valence-electron chi connectivity index (χ1n) is 11.6. The van der Waals surface area contributed by atoms with E-state index in [1.807, 2.05) is 12.4 Å². The Morgan fingerprint density at radius 2 is 1.72 bits per heavy atom. The number of pyridine rings is 1. The summed E-state index contributed by atoms with van der Waals surface area (Å²) in [5.41, 5.74) is 2.96. The van der Waals surface area contributed by atoms with Crippen molar-refractivity contribution in [2.75, 3.05) is 13.1 Å². The summed E-state index contributed by atoms with van der Waals surface area (Å²) in [6.45, 7) is 1.90. The topological polar surface area (TPSA) is 80.2 Å². The molecule has 0 radical (unpaired) electrons. The summed E-state index contributed by atoms with van der Waals surface area (Å²) >= 11 is 0. The van der Waals surface area contributed by atoms with Gasteiger partial charge in [0.05, 0.1) is 17.0 Å². The second kappa shape index (κ2) is 9.46. The molecule has 2 fully saturated rings. The molecule has 0 bridgehead atoms. The van der Waals surface area contributed by atoms with Crippen LogP contribution in [0.5, 0.6) is 5.88 Å². The van der Waals surface area contributed by atoms with E-state index in [2.05, 4.69) is 10.3 Å². The van der Waals surface area contributed by atoms with Crippen molar-refractivity contribution in [3.05, 3.63) is 59.4 Å². The highest BCUT2D eigenvalue weighted by molar-refractivity contribution is 5.85. The third-order valence-electron chi connectivity index (χ3n) is 6.64. The minimum atomic E-state index is -0.249. The van der Waals surface area contributed by atoms with E-state index >= 15 is 0 Å². The zero-order valence-electron chi connectivity index (χ0n) is 18.1. The maximum Gasteiger partial charge on any atom is 0.224 e. The number of aliphatic hydroxyl groups excluding tert-OH is 1. The highest BCUT2D eigenvalue weighted by Gasteiger charge is 2.25. The van der Waals surface area contributed by atoms with Crippen LogP contribution in [0, 0.1) is 5.82 Å². The SMILES string of the molecule is OC1CCC(c2cnc(OC3CCNCC3)c3cnc(Cc4ccc(F)cc4)nc23)CC1. The molecule has 1 saturated heterocycles. The normalized spacial score (nSPS) is 22.2. The Hall–Kier alpha value is -2.64. The fourth-order valence-corrected chi connectivity index (χ4v) is 4.77. The average molecular weight is 437 g/mol. The first kappa shape index (κ1) is 21.2. The van der Waals surface area contributed by atoms with E-state index < -0.39 is 0 Å². The Labute approximate surface area is 187 Å². The lowest BCUT2D eigenvalue weighted by Crippen LogP contribution is -2.34. The number of aliphatic hydroxyl groups is 1. The summed E-state index contributed by atoms with van der Waals surface area (Å²) in [5.74, 6) is 1.36. The summed E-state index contributed by atoms with van der Waals surface area (Å²) in [6, 6.07) is 6.46. The van der Waals surface area contributed by atoms with Gasteiger partial charge in [0.1, 0.15) is 17.7 Å². The average Bonchev–Trinajstić information content (AvgIpc) is 2.82. The van der Waals surface area contributed by atoms with Gasteiger partial charge in [-0.05, 0) is 75.2 Å². The van der Waals surface area contributed by atoms with Crippen LogP contribution in [-0.2, 0) is 6.42 Å². The fourth-order valence-electron chi connectivity index (χ4n) is 4.77. The number of nitrogens with zero attached hydrogens (tertiary/aromatic N) is 3. The number of benzene rings is 1. The van der Waals surface area contributed by atoms with Crippen molar-refractivity contribution in [2.24, 2.45) is 0 Å². The van der Waals surface area contributed by atoms with E-state index in [1.54, 1.807) is 12.1 Å². The van der Waals surface area contributed by atoms with Gasteiger partial charge in [-0.15, -0.1) is 0 Å². The van der Waals surface area contributed by atoms with Gasteiger partial charge in [0.2, 0.25) is 5.88 Å². The van der Waals surface area contributed by atoms with Crippen LogP contribution in [0.3, 0.4) is 0 Å². The Balaban J connectivity index is 1.50. The highest BCUT2D eigenvalue weighted by atomic mass is 19.1. The number of piperidine rings is 1. The molecule has 3 aromatic rings. The molecular formula is C25H29FN4O2. The molecule has 168 valence electrons. The molecule has 1 aliphatic carbocycles. The zero-order valence-corrected chi connectivity index (χ0v) is 18.1. The van der Waals surface area contributed by atoms with E-state index in [4.69, 9.17) is 14.7 Å². The Morgan fingerprint density at radius 1 is 0.969 bits per heavy atom. The molecule has 0 spiro atoms. The number of ether oxygens (including phenoxy) is 1. The van der Waals surface area contributed by atoms with Gasteiger partial charge < -0.3 is 15.2 Å². The molecule has 0 unspecified atom stereocenters. The standard InChI is InChI=1S/C25H29FN4O2/c26-18-5-1-16(2-6-18)13-23-28-15-22-24(30-23)21(17-3-7-19(31)8-4-17)14-29-25(22)32-20-9-11-27-12-10-20/h1-2,5-6,14-15,17,19-20,27,31H,3-4,7-13H2. The number of aromatic nitrogens is 3. The van der Waals surface area contributed by atoms with Gasteiger partial charge in [-0.1, -0.05) is 12.1 Å². The monoisotopic (exact) mass is 436 g/mol. The molecule has 2 aromatic heterocycles. The quantitative estimate of drug-likeness (QED) is 0.631. The zero-order chi connectivity index (χ0) is 21.9. The minimum Gasteiger partial charge on any atom is -0.474 e. The van der Waals surface area contributed by atoms with E-state index in [-0.39, 0.29) is 18.0 Å². The Kier molecular flexibility index (Phi) is 6.28. The number of hydrogen-bond acceptors (Lipinski definition) is 6. The van der Waals surface area contributed by atoms with Gasteiger partial charge >= 0.3 is 0 Å². The summed E-state index contributed by atoms with van der Waals surface area (Å²) < 4.78 is 19.6. The van der Waals surface area contributed by atoms with Crippen molar-refractivity contribution in [3.8, 4) is 5.88 Å². The molecule has 0 amide bonds. The van der Waals surface area contributed by atoms with E-state index in [1.165, 1.54) is 12.1 Å². The van der Waals surface area contributed by atoms with Crippen molar-refractivity contribution in [2.45, 2.75) is 63.1 Å². The maximum atomic E-state index is 13.3. The number of halogens is 1. The number of nitrogens with one attached hydrogen (secondary N) is 1. The van der Waals surface area contributed by atoms with Crippen LogP contribution in [0.4, 0.5) is 4.39 Å². The largest absolute Gasteiger partial charge is 0.474 e.